The third-order valence-electron chi connectivity index (χ3n) is 1.16. The Balaban J connectivity index is 2.61. The molecule has 0 aliphatic carbocycles. The van der Waals surface area contributed by atoms with E-state index in [1.807, 2.05) is 18.2 Å². The average Bonchev–Trinajstić information content (AvgIpc) is 1.91. The minimum absolute atomic E-state index is 1.08. The standard InChI is InChI=1S/C9H10/c1-2-6-9-7-4-3-5-8-9/h3-7H,2H2,1H3. The van der Waals surface area contributed by atoms with Gasteiger partial charge in [-0.25, -0.2) is 0 Å². The average molecular weight is 118 g/mol. The van der Waals surface area contributed by atoms with Crippen LogP contribution in [0.5, 0.6) is 0 Å². The van der Waals surface area contributed by atoms with E-state index in [1.165, 1.54) is 5.56 Å². The van der Waals surface area contributed by atoms with E-state index in [0.29, 0.717) is 0 Å². The minimum Gasteiger partial charge on any atom is -0.0648 e. The molecule has 0 nitrogen and oxygen atoms in total. The molecule has 1 aromatic carbocycles. The second-order valence-electron chi connectivity index (χ2n) is 1.93. The van der Waals surface area contributed by atoms with E-state index < -0.39 is 0 Å². The molecule has 0 fully saturated rings. The van der Waals surface area contributed by atoms with Gasteiger partial charge in [0.1, 0.15) is 0 Å². The van der Waals surface area contributed by atoms with E-state index in [1.54, 1.807) is 0 Å². The Bertz CT molecular complexity index is 153. The summed E-state index contributed by atoms with van der Waals surface area (Å²) in [6, 6.07) is 11.1. The molecule has 0 atom stereocenters. The molecule has 0 spiro atoms. The monoisotopic (exact) mass is 118 g/mol. The number of benzene rings is 1. The highest BCUT2D eigenvalue weighted by Gasteiger charge is 1.85. The lowest BCUT2D eigenvalue weighted by atomic mass is 10.1. The Labute approximate surface area is 56.5 Å². The predicted octanol–water partition coefficient (Wildman–Crippen LogP) is 2.45. The van der Waals surface area contributed by atoms with Crippen LogP contribution in [0.15, 0.2) is 24.3 Å². The summed E-state index contributed by atoms with van der Waals surface area (Å²) in [6.07, 6.45) is 3.24. The molecule has 2 radical (unpaired) electrons. The van der Waals surface area contributed by atoms with Crippen LogP contribution < -0.4 is 0 Å². The SMILES string of the molecule is CC[CH]c1[c]cccc1. The molecule has 1 aromatic rings. The molecular formula is C9H10. The van der Waals surface area contributed by atoms with Gasteiger partial charge in [0.2, 0.25) is 0 Å². The van der Waals surface area contributed by atoms with E-state index in [-0.39, 0.29) is 0 Å². The fourth-order valence-electron chi connectivity index (χ4n) is 0.754. The van der Waals surface area contributed by atoms with E-state index >= 15 is 0 Å². The molecule has 0 unspecified atom stereocenters. The molecule has 0 heteroatoms. The second-order valence-corrected chi connectivity index (χ2v) is 1.93. The highest BCUT2D eigenvalue weighted by atomic mass is 13.9. The van der Waals surface area contributed by atoms with Crippen LogP contribution in [0, 0.1) is 12.5 Å². The van der Waals surface area contributed by atoms with Gasteiger partial charge in [-0.2, -0.15) is 0 Å². The lowest BCUT2D eigenvalue weighted by Crippen LogP contribution is -1.76. The first kappa shape index (κ1) is 6.34. The zero-order chi connectivity index (χ0) is 6.53. The molecule has 0 aromatic heterocycles. The molecular weight excluding hydrogens is 108 g/mol. The van der Waals surface area contributed by atoms with Crippen LogP contribution in [-0.2, 0) is 0 Å². The summed E-state index contributed by atoms with van der Waals surface area (Å²) in [5.41, 5.74) is 1.19. The van der Waals surface area contributed by atoms with Gasteiger partial charge in [0, 0.05) is 0 Å². The number of hydrogen-bond acceptors (Lipinski definition) is 0. The van der Waals surface area contributed by atoms with Crippen molar-refractivity contribution < 1.29 is 0 Å². The molecule has 0 aliphatic heterocycles. The van der Waals surface area contributed by atoms with Crippen LogP contribution >= 0.6 is 0 Å². The van der Waals surface area contributed by atoms with Gasteiger partial charge in [-0.1, -0.05) is 31.2 Å². The molecule has 9 heavy (non-hydrogen) atoms. The summed E-state index contributed by atoms with van der Waals surface area (Å²) in [6.45, 7) is 2.13. The summed E-state index contributed by atoms with van der Waals surface area (Å²) >= 11 is 0. The Morgan fingerprint density at radius 2 is 2.44 bits per heavy atom. The topological polar surface area (TPSA) is 0 Å². The predicted molar refractivity (Wildman–Crippen MR) is 39.0 cm³/mol. The van der Waals surface area contributed by atoms with E-state index in [9.17, 15) is 0 Å². The van der Waals surface area contributed by atoms with Crippen LogP contribution in [0.4, 0.5) is 0 Å². The molecule has 0 aliphatic rings. The quantitative estimate of drug-likeness (QED) is 0.559. The first-order valence-corrected chi connectivity index (χ1v) is 3.23. The lowest BCUT2D eigenvalue weighted by Gasteiger charge is -1.92. The minimum atomic E-state index is 1.08. The van der Waals surface area contributed by atoms with Gasteiger partial charge in [-0.3, -0.25) is 0 Å². The van der Waals surface area contributed by atoms with Crippen molar-refractivity contribution in [1.82, 2.24) is 0 Å². The van der Waals surface area contributed by atoms with Crippen molar-refractivity contribution in [3.63, 3.8) is 0 Å². The number of hydrogen-bond donors (Lipinski definition) is 0. The lowest BCUT2D eigenvalue weighted by molar-refractivity contribution is 1.12. The zero-order valence-electron chi connectivity index (χ0n) is 5.59. The molecule has 1 rings (SSSR count). The molecule has 0 amide bonds. The molecule has 0 bridgehead atoms. The summed E-state index contributed by atoms with van der Waals surface area (Å²) in [7, 11) is 0. The van der Waals surface area contributed by atoms with Crippen molar-refractivity contribution in [2.45, 2.75) is 13.3 Å². The van der Waals surface area contributed by atoms with Crippen molar-refractivity contribution in [2.75, 3.05) is 0 Å². The maximum Gasteiger partial charge on any atom is -0.00894 e. The van der Waals surface area contributed by atoms with Crippen molar-refractivity contribution >= 4 is 0 Å². The first-order chi connectivity index (χ1) is 4.43. The fourth-order valence-corrected chi connectivity index (χ4v) is 0.754. The molecule has 0 N–H and O–H groups in total. The molecule has 0 heterocycles. The largest absolute Gasteiger partial charge is 0.0648 e. The zero-order valence-corrected chi connectivity index (χ0v) is 5.59. The van der Waals surface area contributed by atoms with E-state index in [0.717, 1.165) is 6.42 Å². The normalized spacial score (nSPS) is 9.44. The van der Waals surface area contributed by atoms with E-state index in [2.05, 4.69) is 25.5 Å². The maximum absolute atomic E-state index is 3.11. The van der Waals surface area contributed by atoms with Crippen molar-refractivity contribution in [2.24, 2.45) is 0 Å². The summed E-state index contributed by atoms with van der Waals surface area (Å²) in [5, 5.41) is 0. The Morgan fingerprint density at radius 1 is 1.56 bits per heavy atom. The summed E-state index contributed by atoms with van der Waals surface area (Å²) in [4.78, 5) is 0. The molecule has 0 saturated heterocycles. The Hall–Kier alpha value is -0.780. The van der Waals surface area contributed by atoms with E-state index in [4.69, 9.17) is 0 Å². The third-order valence-corrected chi connectivity index (χ3v) is 1.16. The summed E-state index contributed by atoms with van der Waals surface area (Å²) < 4.78 is 0. The van der Waals surface area contributed by atoms with Gasteiger partial charge in [0.25, 0.3) is 0 Å². The van der Waals surface area contributed by atoms with Gasteiger partial charge in [-0.05, 0) is 24.5 Å². The van der Waals surface area contributed by atoms with Gasteiger partial charge in [0.15, 0.2) is 0 Å². The van der Waals surface area contributed by atoms with Crippen LogP contribution in [0.1, 0.15) is 18.9 Å². The fraction of sp³-hybridized carbons (Fsp3) is 0.222. The molecule has 46 valence electrons. The van der Waals surface area contributed by atoms with Crippen LogP contribution in [0.3, 0.4) is 0 Å². The third kappa shape index (κ3) is 1.88. The van der Waals surface area contributed by atoms with Gasteiger partial charge in [0.05, 0.1) is 0 Å². The van der Waals surface area contributed by atoms with Gasteiger partial charge < -0.3 is 0 Å². The van der Waals surface area contributed by atoms with Gasteiger partial charge >= 0.3 is 0 Å². The van der Waals surface area contributed by atoms with Crippen LogP contribution in [0.25, 0.3) is 0 Å². The number of rotatable bonds is 2. The summed E-state index contributed by atoms with van der Waals surface area (Å²) in [5.74, 6) is 0. The highest BCUT2D eigenvalue weighted by molar-refractivity contribution is 5.20. The van der Waals surface area contributed by atoms with Crippen LogP contribution in [-0.4, -0.2) is 0 Å². The molecule has 0 saturated carbocycles. The Kier molecular flexibility index (Phi) is 2.32. The smallest absolute Gasteiger partial charge is 0.00894 e. The van der Waals surface area contributed by atoms with Crippen molar-refractivity contribution in [3.8, 4) is 0 Å². The Morgan fingerprint density at radius 3 is 3.00 bits per heavy atom. The van der Waals surface area contributed by atoms with Crippen LogP contribution in [0.2, 0.25) is 0 Å². The maximum atomic E-state index is 3.11. The van der Waals surface area contributed by atoms with Crippen molar-refractivity contribution in [1.29, 1.82) is 0 Å². The van der Waals surface area contributed by atoms with Gasteiger partial charge in [-0.15, -0.1) is 0 Å². The first-order valence-electron chi connectivity index (χ1n) is 3.23. The highest BCUT2D eigenvalue weighted by Crippen LogP contribution is 2.02. The van der Waals surface area contributed by atoms with Crippen molar-refractivity contribution in [3.05, 3.63) is 42.3 Å². The second kappa shape index (κ2) is 3.29.